The zero-order chi connectivity index (χ0) is 15.0. The fourth-order valence-corrected chi connectivity index (χ4v) is 4.24. The number of amides is 1. The molecule has 1 saturated heterocycles. The van der Waals surface area contributed by atoms with Crippen LogP contribution in [-0.4, -0.2) is 38.7 Å². The number of hydrogen-bond donors (Lipinski definition) is 0. The normalized spacial score (nSPS) is 16.6. The van der Waals surface area contributed by atoms with Crippen LogP contribution in [-0.2, 0) is 11.8 Å². The molecule has 3 rings (SSSR count). The van der Waals surface area contributed by atoms with E-state index in [1.165, 1.54) is 27.7 Å². The highest BCUT2D eigenvalue weighted by molar-refractivity contribution is 8.00. The Morgan fingerprint density at radius 1 is 1.43 bits per heavy atom. The minimum Gasteiger partial charge on any atom is -0.342 e. The highest BCUT2D eigenvalue weighted by Crippen LogP contribution is 2.25. The van der Waals surface area contributed by atoms with Crippen LogP contribution in [0.4, 0.5) is 0 Å². The molecule has 1 unspecified atom stereocenters. The maximum absolute atomic E-state index is 12.4. The van der Waals surface area contributed by atoms with Crippen LogP contribution in [0.2, 0.25) is 0 Å². The van der Waals surface area contributed by atoms with Crippen molar-refractivity contribution in [3.8, 4) is 0 Å². The maximum atomic E-state index is 12.4. The molecule has 1 aliphatic heterocycles. The van der Waals surface area contributed by atoms with E-state index in [0.717, 1.165) is 25.9 Å². The smallest absolute Gasteiger partial charge is 0.271 e. The molecule has 0 aliphatic carbocycles. The Morgan fingerprint density at radius 3 is 2.86 bits per heavy atom. The Bertz CT molecular complexity index is 731. The number of aromatic nitrogens is 2. The van der Waals surface area contributed by atoms with E-state index in [4.69, 9.17) is 0 Å². The third-order valence-corrected chi connectivity index (χ3v) is 5.72. The van der Waals surface area contributed by atoms with Crippen molar-refractivity contribution in [3.05, 3.63) is 21.8 Å². The van der Waals surface area contributed by atoms with Crippen LogP contribution >= 0.6 is 23.1 Å². The second-order valence-corrected chi connectivity index (χ2v) is 7.41. The molecule has 21 heavy (non-hydrogen) atoms. The van der Waals surface area contributed by atoms with E-state index in [2.05, 4.69) is 4.98 Å². The molecule has 0 radical (unpaired) electrons. The molecule has 0 aromatic carbocycles. The predicted octanol–water partition coefficient (Wildman–Crippen LogP) is 2.10. The molecule has 1 amide bonds. The molecule has 2 aromatic rings. The number of fused-ring (bicyclic) bond motifs is 1. The van der Waals surface area contributed by atoms with Crippen molar-refractivity contribution in [2.75, 3.05) is 13.1 Å². The Morgan fingerprint density at radius 2 is 2.14 bits per heavy atom. The maximum Gasteiger partial charge on any atom is 0.271 e. The van der Waals surface area contributed by atoms with Gasteiger partial charge in [0.1, 0.15) is 4.70 Å². The lowest BCUT2D eigenvalue weighted by molar-refractivity contribution is -0.129. The van der Waals surface area contributed by atoms with Crippen LogP contribution in [0.15, 0.2) is 21.4 Å². The topological polar surface area (TPSA) is 55.2 Å². The molecule has 0 bridgehead atoms. The summed E-state index contributed by atoms with van der Waals surface area (Å²) in [4.78, 5) is 31.0. The van der Waals surface area contributed by atoms with E-state index in [1.807, 2.05) is 23.3 Å². The average Bonchev–Trinajstić information content (AvgIpc) is 3.14. The second kappa shape index (κ2) is 5.81. The molecule has 1 fully saturated rings. The van der Waals surface area contributed by atoms with Gasteiger partial charge < -0.3 is 4.90 Å². The van der Waals surface area contributed by atoms with Crippen molar-refractivity contribution in [2.24, 2.45) is 7.05 Å². The summed E-state index contributed by atoms with van der Waals surface area (Å²) in [6.45, 7) is 3.58. The lowest BCUT2D eigenvalue weighted by Crippen LogP contribution is -2.34. The number of rotatable bonds is 3. The fraction of sp³-hybridized carbons (Fsp3) is 0.500. The van der Waals surface area contributed by atoms with E-state index in [1.54, 1.807) is 7.05 Å². The van der Waals surface area contributed by atoms with Gasteiger partial charge in [0, 0.05) is 20.1 Å². The molecule has 1 aliphatic rings. The fourth-order valence-electron chi connectivity index (χ4n) is 2.48. The second-order valence-electron chi connectivity index (χ2n) is 5.19. The minimum absolute atomic E-state index is 0.0432. The van der Waals surface area contributed by atoms with E-state index < -0.39 is 0 Å². The predicted molar refractivity (Wildman–Crippen MR) is 86.0 cm³/mol. The van der Waals surface area contributed by atoms with Crippen molar-refractivity contribution >= 4 is 39.2 Å². The van der Waals surface area contributed by atoms with Crippen LogP contribution in [0.3, 0.4) is 0 Å². The molecular weight excluding hydrogens is 306 g/mol. The number of carbonyl (C=O) groups excluding carboxylic acids is 1. The lowest BCUT2D eigenvalue weighted by atomic mass is 10.4. The Kier molecular flexibility index (Phi) is 4.03. The third kappa shape index (κ3) is 2.72. The molecule has 0 spiro atoms. The molecule has 112 valence electrons. The summed E-state index contributed by atoms with van der Waals surface area (Å²) in [5.41, 5.74) is 0.671. The van der Waals surface area contributed by atoms with Crippen LogP contribution < -0.4 is 5.56 Å². The lowest BCUT2D eigenvalue weighted by Gasteiger charge is -2.20. The summed E-state index contributed by atoms with van der Waals surface area (Å²) < 4.78 is 2.21. The van der Waals surface area contributed by atoms with Gasteiger partial charge in [0.2, 0.25) is 5.91 Å². The Labute approximate surface area is 131 Å². The van der Waals surface area contributed by atoms with Crippen molar-refractivity contribution in [3.63, 3.8) is 0 Å². The number of thiophene rings is 1. The van der Waals surface area contributed by atoms with Gasteiger partial charge in [0.05, 0.1) is 10.8 Å². The monoisotopic (exact) mass is 323 g/mol. The van der Waals surface area contributed by atoms with Crippen LogP contribution in [0.5, 0.6) is 0 Å². The van der Waals surface area contributed by atoms with Gasteiger partial charge in [0.15, 0.2) is 5.16 Å². The molecule has 2 aromatic heterocycles. The first kappa shape index (κ1) is 14.6. The van der Waals surface area contributed by atoms with Gasteiger partial charge in [-0.05, 0) is 31.2 Å². The summed E-state index contributed by atoms with van der Waals surface area (Å²) in [6, 6.07) is 1.85. The van der Waals surface area contributed by atoms with Crippen molar-refractivity contribution in [1.29, 1.82) is 0 Å². The van der Waals surface area contributed by atoms with Gasteiger partial charge in [-0.15, -0.1) is 11.3 Å². The molecular formula is C14H17N3O2S2. The van der Waals surface area contributed by atoms with Gasteiger partial charge in [0.25, 0.3) is 5.56 Å². The zero-order valence-corrected chi connectivity index (χ0v) is 13.7. The number of hydrogen-bond acceptors (Lipinski definition) is 5. The largest absolute Gasteiger partial charge is 0.342 e. The highest BCUT2D eigenvalue weighted by Gasteiger charge is 2.25. The molecule has 0 saturated carbocycles. The highest BCUT2D eigenvalue weighted by atomic mass is 32.2. The molecule has 7 heteroatoms. The van der Waals surface area contributed by atoms with E-state index in [9.17, 15) is 9.59 Å². The molecule has 0 N–H and O–H groups in total. The van der Waals surface area contributed by atoms with Crippen molar-refractivity contribution in [2.45, 2.75) is 30.2 Å². The SMILES string of the molecule is CC(Sc1nc2ccsc2c(=O)n1C)C(=O)N1CCCC1. The third-order valence-electron chi connectivity index (χ3n) is 3.69. The number of nitrogens with zero attached hydrogens (tertiary/aromatic N) is 3. The summed E-state index contributed by atoms with van der Waals surface area (Å²) >= 11 is 2.76. The first-order valence-electron chi connectivity index (χ1n) is 6.97. The Balaban J connectivity index is 1.85. The minimum atomic E-state index is -0.225. The summed E-state index contributed by atoms with van der Waals surface area (Å²) in [5, 5.41) is 2.25. The van der Waals surface area contributed by atoms with Crippen molar-refractivity contribution in [1.82, 2.24) is 14.5 Å². The average molecular weight is 323 g/mol. The van der Waals surface area contributed by atoms with E-state index in [0.29, 0.717) is 15.4 Å². The van der Waals surface area contributed by atoms with Gasteiger partial charge >= 0.3 is 0 Å². The van der Waals surface area contributed by atoms with Crippen LogP contribution in [0.1, 0.15) is 19.8 Å². The van der Waals surface area contributed by atoms with Crippen LogP contribution in [0, 0.1) is 0 Å². The Hall–Kier alpha value is -1.34. The zero-order valence-electron chi connectivity index (χ0n) is 12.0. The standard InChI is InChI=1S/C14H17N3O2S2/c1-9(12(18)17-6-3-4-7-17)21-14-15-10-5-8-20-11(10)13(19)16(14)2/h5,8-9H,3-4,6-7H2,1-2H3. The van der Waals surface area contributed by atoms with Gasteiger partial charge in [-0.1, -0.05) is 11.8 Å². The molecule has 3 heterocycles. The summed E-state index contributed by atoms with van der Waals surface area (Å²) in [7, 11) is 1.71. The van der Waals surface area contributed by atoms with Gasteiger partial charge in [-0.25, -0.2) is 4.98 Å². The summed E-state index contributed by atoms with van der Waals surface area (Å²) in [5.74, 6) is 0.136. The summed E-state index contributed by atoms with van der Waals surface area (Å²) in [6.07, 6.45) is 2.17. The molecule has 1 atom stereocenters. The van der Waals surface area contributed by atoms with E-state index in [-0.39, 0.29) is 16.7 Å². The number of carbonyl (C=O) groups is 1. The first-order chi connectivity index (χ1) is 10.1. The molecule has 5 nitrogen and oxygen atoms in total. The van der Waals surface area contributed by atoms with E-state index >= 15 is 0 Å². The van der Waals surface area contributed by atoms with Gasteiger partial charge in [-0.2, -0.15) is 0 Å². The number of likely N-dealkylation sites (tertiary alicyclic amines) is 1. The number of thioether (sulfide) groups is 1. The van der Waals surface area contributed by atoms with Crippen molar-refractivity contribution < 1.29 is 4.79 Å². The quantitative estimate of drug-likeness (QED) is 0.641. The van der Waals surface area contributed by atoms with Crippen LogP contribution in [0.25, 0.3) is 10.2 Å². The van der Waals surface area contributed by atoms with Gasteiger partial charge in [-0.3, -0.25) is 14.2 Å². The first-order valence-corrected chi connectivity index (χ1v) is 8.73.